The second-order valence-electron chi connectivity index (χ2n) is 4.81. The fourth-order valence-electron chi connectivity index (χ4n) is 2.31. The van der Waals surface area contributed by atoms with Crippen LogP contribution in [-0.2, 0) is 10.9 Å². The van der Waals surface area contributed by atoms with Crippen LogP contribution in [0.4, 0.5) is 13.2 Å². The molecule has 1 fully saturated rings. The van der Waals surface area contributed by atoms with Gasteiger partial charge in [0.2, 0.25) is 0 Å². The second-order valence-corrected chi connectivity index (χ2v) is 4.81. The molecular formula is C14H16F3NO2. The third-order valence-electron chi connectivity index (χ3n) is 3.50. The minimum atomic E-state index is -4.43. The van der Waals surface area contributed by atoms with Crippen molar-refractivity contribution in [1.82, 2.24) is 4.90 Å². The van der Waals surface area contributed by atoms with Crippen LogP contribution in [0.5, 0.6) is 0 Å². The van der Waals surface area contributed by atoms with E-state index in [4.69, 9.17) is 4.74 Å². The van der Waals surface area contributed by atoms with E-state index in [9.17, 15) is 18.0 Å². The van der Waals surface area contributed by atoms with E-state index < -0.39 is 11.7 Å². The van der Waals surface area contributed by atoms with E-state index >= 15 is 0 Å². The number of carbonyl (C=O) groups excluding carboxylic acids is 1. The molecule has 0 aliphatic carbocycles. The highest BCUT2D eigenvalue weighted by Crippen LogP contribution is 2.30. The van der Waals surface area contributed by atoms with Crippen molar-refractivity contribution in [2.45, 2.75) is 25.1 Å². The minimum Gasteiger partial charge on any atom is -0.381 e. The SMILES string of the molecule is COC1CCN(C(=O)c2cccc(C(F)(F)F)c2)CC1. The molecule has 1 aromatic rings. The standard InChI is InChI=1S/C14H16F3NO2/c1-20-12-5-7-18(8-6-12)13(19)10-3-2-4-11(9-10)14(15,16)17/h2-4,9,12H,5-8H2,1H3. The molecule has 0 bridgehead atoms. The second kappa shape index (κ2) is 5.83. The predicted molar refractivity (Wildman–Crippen MR) is 67.4 cm³/mol. The number of hydrogen-bond acceptors (Lipinski definition) is 2. The number of halogens is 3. The van der Waals surface area contributed by atoms with Crippen LogP contribution in [0, 0.1) is 0 Å². The van der Waals surface area contributed by atoms with Gasteiger partial charge in [0.25, 0.3) is 5.91 Å². The summed E-state index contributed by atoms with van der Waals surface area (Å²) in [6.45, 7) is 1.02. The molecule has 0 aromatic heterocycles. The lowest BCUT2D eigenvalue weighted by molar-refractivity contribution is -0.137. The van der Waals surface area contributed by atoms with Crippen LogP contribution < -0.4 is 0 Å². The van der Waals surface area contributed by atoms with Crippen molar-refractivity contribution in [1.29, 1.82) is 0 Å². The van der Waals surface area contributed by atoms with Crippen LogP contribution in [0.2, 0.25) is 0 Å². The zero-order valence-corrected chi connectivity index (χ0v) is 11.1. The summed E-state index contributed by atoms with van der Waals surface area (Å²) in [5.41, 5.74) is -0.717. The highest BCUT2D eigenvalue weighted by atomic mass is 19.4. The molecule has 0 radical (unpaired) electrons. The van der Waals surface area contributed by atoms with E-state index in [1.807, 2.05) is 0 Å². The first-order chi connectivity index (χ1) is 9.41. The molecule has 2 rings (SSSR count). The number of methoxy groups -OCH3 is 1. The van der Waals surface area contributed by atoms with Crippen LogP contribution in [0.1, 0.15) is 28.8 Å². The molecular weight excluding hydrogens is 271 g/mol. The summed E-state index contributed by atoms with van der Waals surface area (Å²) in [6.07, 6.45) is -2.89. The summed E-state index contributed by atoms with van der Waals surface area (Å²) in [7, 11) is 1.62. The molecule has 1 aliphatic rings. The molecule has 6 heteroatoms. The van der Waals surface area contributed by atoms with Gasteiger partial charge in [-0.1, -0.05) is 6.07 Å². The number of nitrogens with zero attached hydrogens (tertiary/aromatic N) is 1. The lowest BCUT2D eigenvalue weighted by atomic mass is 10.0. The maximum absolute atomic E-state index is 12.6. The minimum absolute atomic E-state index is 0.0793. The summed E-state index contributed by atoms with van der Waals surface area (Å²) in [6, 6.07) is 4.55. The molecule has 1 amide bonds. The van der Waals surface area contributed by atoms with Gasteiger partial charge in [0.15, 0.2) is 0 Å². The third-order valence-corrected chi connectivity index (χ3v) is 3.50. The molecule has 1 aromatic carbocycles. The summed E-state index contributed by atoms with van der Waals surface area (Å²) in [5.74, 6) is -0.356. The largest absolute Gasteiger partial charge is 0.416 e. The van der Waals surface area contributed by atoms with Crippen LogP contribution in [-0.4, -0.2) is 37.1 Å². The van der Waals surface area contributed by atoms with Crippen molar-refractivity contribution in [3.63, 3.8) is 0 Å². The van der Waals surface area contributed by atoms with Gasteiger partial charge < -0.3 is 9.64 Å². The topological polar surface area (TPSA) is 29.5 Å². The van der Waals surface area contributed by atoms with Gasteiger partial charge in [0, 0.05) is 25.8 Å². The monoisotopic (exact) mass is 287 g/mol. The third kappa shape index (κ3) is 3.30. The highest BCUT2D eigenvalue weighted by molar-refractivity contribution is 5.94. The van der Waals surface area contributed by atoms with Crippen LogP contribution in [0.15, 0.2) is 24.3 Å². The fourth-order valence-corrected chi connectivity index (χ4v) is 2.31. The quantitative estimate of drug-likeness (QED) is 0.837. The number of alkyl halides is 3. The van der Waals surface area contributed by atoms with Crippen molar-refractivity contribution in [2.75, 3.05) is 20.2 Å². The average Bonchev–Trinajstić information content (AvgIpc) is 2.46. The normalized spacial score (nSPS) is 17.3. The molecule has 1 heterocycles. The van der Waals surface area contributed by atoms with Crippen molar-refractivity contribution >= 4 is 5.91 Å². The van der Waals surface area contributed by atoms with Gasteiger partial charge in [0.05, 0.1) is 11.7 Å². The van der Waals surface area contributed by atoms with Gasteiger partial charge in [-0.2, -0.15) is 13.2 Å². The first kappa shape index (κ1) is 14.8. The van der Waals surface area contributed by atoms with E-state index in [1.165, 1.54) is 12.1 Å². The number of amides is 1. The van der Waals surface area contributed by atoms with Crippen LogP contribution in [0.25, 0.3) is 0 Å². The maximum atomic E-state index is 12.6. The number of piperidine rings is 1. The van der Waals surface area contributed by atoms with Crippen molar-refractivity contribution in [2.24, 2.45) is 0 Å². The van der Waals surface area contributed by atoms with E-state index in [2.05, 4.69) is 0 Å². The maximum Gasteiger partial charge on any atom is 0.416 e. The van der Waals surface area contributed by atoms with Gasteiger partial charge in [-0.15, -0.1) is 0 Å². The van der Waals surface area contributed by atoms with Crippen LogP contribution >= 0.6 is 0 Å². The van der Waals surface area contributed by atoms with Gasteiger partial charge in [-0.05, 0) is 31.0 Å². The number of ether oxygens (including phenoxy) is 1. The lowest BCUT2D eigenvalue weighted by Gasteiger charge is -2.31. The predicted octanol–water partition coefficient (Wildman–Crippen LogP) is 2.96. The van der Waals surface area contributed by atoms with Crippen molar-refractivity contribution < 1.29 is 22.7 Å². The first-order valence-corrected chi connectivity index (χ1v) is 6.41. The summed E-state index contributed by atoms with van der Waals surface area (Å²) >= 11 is 0. The Hall–Kier alpha value is -1.56. The zero-order chi connectivity index (χ0) is 14.8. The molecule has 110 valence electrons. The Kier molecular flexibility index (Phi) is 4.32. The Balaban J connectivity index is 2.10. The summed E-state index contributed by atoms with van der Waals surface area (Å²) in [4.78, 5) is 13.8. The molecule has 0 atom stereocenters. The Morgan fingerprint density at radius 2 is 1.95 bits per heavy atom. The molecule has 0 unspecified atom stereocenters. The Bertz CT molecular complexity index is 480. The molecule has 0 saturated carbocycles. The molecule has 0 spiro atoms. The van der Waals surface area contributed by atoms with Crippen molar-refractivity contribution in [3.05, 3.63) is 35.4 Å². The molecule has 20 heavy (non-hydrogen) atoms. The van der Waals surface area contributed by atoms with Gasteiger partial charge in [0.1, 0.15) is 0 Å². The van der Waals surface area contributed by atoms with Gasteiger partial charge in [-0.3, -0.25) is 4.79 Å². The van der Waals surface area contributed by atoms with Crippen molar-refractivity contribution in [3.8, 4) is 0 Å². The highest BCUT2D eigenvalue weighted by Gasteiger charge is 2.31. The summed E-state index contributed by atoms with van der Waals surface area (Å²) in [5, 5.41) is 0. The van der Waals surface area contributed by atoms with E-state index in [1.54, 1.807) is 12.0 Å². The Labute approximate surface area is 115 Å². The number of rotatable bonds is 2. The smallest absolute Gasteiger partial charge is 0.381 e. The van der Waals surface area contributed by atoms with E-state index in [0.717, 1.165) is 12.1 Å². The number of carbonyl (C=O) groups is 1. The average molecular weight is 287 g/mol. The first-order valence-electron chi connectivity index (χ1n) is 6.41. The Morgan fingerprint density at radius 3 is 2.50 bits per heavy atom. The zero-order valence-electron chi connectivity index (χ0n) is 11.1. The molecule has 0 N–H and O–H groups in total. The number of benzene rings is 1. The number of hydrogen-bond donors (Lipinski definition) is 0. The molecule has 3 nitrogen and oxygen atoms in total. The van der Waals surface area contributed by atoms with Gasteiger partial charge in [-0.25, -0.2) is 0 Å². The van der Waals surface area contributed by atoms with Gasteiger partial charge >= 0.3 is 6.18 Å². The fraction of sp³-hybridized carbons (Fsp3) is 0.500. The summed E-state index contributed by atoms with van der Waals surface area (Å²) < 4.78 is 43.1. The Morgan fingerprint density at radius 1 is 1.30 bits per heavy atom. The molecule has 1 aliphatic heterocycles. The van der Waals surface area contributed by atoms with E-state index in [-0.39, 0.29) is 17.6 Å². The van der Waals surface area contributed by atoms with Crippen LogP contribution in [0.3, 0.4) is 0 Å². The van der Waals surface area contributed by atoms with E-state index in [0.29, 0.717) is 25.9 Å². The molecule has 1 saturated heterocycles. The number of likely N-dealkylation sites (tertiary alicyclic amines) is 1. The lowest BCUT2D eigenvalue weighted by Crippen LogP contribution is -2.40.